The van der Waals surface area contributed by atoms with Gasteiger partial charge in [-0.1, -0.05) is 28.5 Å². The van der Waals surface area contributed by atoms with Gasteiger partial charge in [0, 0.05) is 5.57 Å². The summed E-state index contributed by atoms with van der Waals surface area (Å²) >= 11 is 0. The Morgan fingerprint density at radius 2 is 2.00 bits per heavy atom. The lowest BCUT2D eigenvalue weighted by Crippen LogP contribution is -2.04. The van der Waals surface area contributed by atoms with E-state index >= 15 is 0 Å². The summed E-state index contributed by atoms with van der Waals surface area (Å²) in [4.78, 5) is 0. The van der Waals surface area contributed by atoms with Crippen LogP contribution in [0.25, 0.3) is 0 Å². The second-order valence-corrected chi connectivity index (χ2v) is 2.08. The van der Waals surface area contributed by atoms with Crippen molar-refractivity contribution in [1.29, 1.82) is 0 Å². The van der Waals surface area contributed by atoms with E-state index < -0.39 is 5.66 Å². The van der Waals surface area contributed by atoms with Gasteiger partial charge in [0.25, 0.3) is 5.66 Å². The zero-order chi connectivity index (χ0) is 6.78. The molecule has 0 fully saturated rings. The van der Waals surface area contributed by atoms with Crippen LogP contribution in [0.15, 0.2) is 24.8 Å². The van der Waals surface area contributed by atoms with Gasteiger partial charge in [-0.05, 0) is 0 Å². The third-order valence-corrected chi connectivity index (χ3v) is 1.05. The molecule has 3 heteroatoms. The lowest BCUT2D eigenvalue weighted by atomic mass is 10.3. The van der Waals surface area contributed by atoms with Gasteiger partial charge in [-0.15, -0.1) is 0 Å². The fourth-order valence-electron chi connectivity index (χ4n) is 0.136. The highest BCUT2D eigenvalue weighted by molar-refractivity contribution is 7.18. The lowest BCUT2D eigenvalue weighted by molar-refractivity contribution is 0.152. The molecule has 0 rings (SSSR count). The van der Waals surface area contributed by atoms with Crippen molar-refractivity contribution in [1.82, 2.24) is 0 Å². The quantitative estimate of drug-likeness (QED) is 0.403. The van der Waals surface area contributed by atoms with Crippen LogP contribution in [-0.2, 0) is 0 Å². The van der Waals surface area contributed by atoms with E-state index in [0.29, 0.717) is 0 Å². The molecule has 0 heterocycles. The molecule has 0 N–H and O–H groups in total. The van der Waals surface area contributed by atoms with E-state index in [2.05, 4.69) is 13.2 Å². The smallest absolute Gasteiger partial charge is 0.197 e. The molecular formula is C5H7F2P. The van der Waals surface area contributed by atoms with Crippen LogP contribution in [0.5, 0.6) is 0 Å². The lowest BCUT2D eigenvalue weighted by Gasteiger charge is -2.07. The highest BCUT2D eigenvalue weighted by atomic mass is 31.0. The molecule has 0 nitrogen and oxygen atoms in total. The fourth-order valence-corrected chi connectivity index (χ4v) is 0.254. The maximum Gasteiger partial charge on any atom is 0.283 e. The van der Waals surface area contributed by atoms with Crippen LogP contribution in [0.4, 0.5) is 8.78 Å². The van der Waals surface area contributed by atoms with Crippen molar-refractivity contribution < 1.29 is 8.78 Å². The minimum atomic E-state index is -2.89. The molecule has 0 aliphatic heterocycles. The largest absolute Gasteiger partial charge is 0.283 e. The predicted molar refractivity (Wildman–Crippen MR) is 34.0 cm³/mol. The molecule has 0 aromatic carbocycles. The molecule has 0 saturated heterocycles. The Balaban J connectivity index is 4.02. The first kappa shape index (κ1) is 7.77. The average molecular weight is 136 g/mol. The van der Waals surface area contributed by atoms with E-state index in [1.165, 1.54) is 9.24 Å². The number of hydrogen-bond donors (Lipinski definition) is 0. The van der Waals surface area contributed by atoms with Crippen molar-refractivity contribution in [3.8, 4) is 0 Å². The van der Waals surface area contributed by atoms with E-state index in [1.54, 1.807) is 0 Å². The number of halogens is 2. The van der Waals surface area contributed by atoms with Gasteiger partial charge in [-0.3, -0.25) is 0 Å². The van der Waals surface area contributed by atoms with E-state index in [4.69, 9.17) is 0 Å². The van der Waals surface area contributed by atoms with Gasteiger partial charge in [0.05, 0.1) is 0 Å². The molecule has 0 spiro atoms. The molecule has 0 aromatic heterocycles. The third kappa shape index (κ3) is 2.17. The van der Waals surface area contributed by atoms with Crippen LogP contribution in [0.1, 0.15) is 0 Å². The molecular weight excluding hydrogens is 129 g/mol. The van der Waals surface area contributed by atoms with Crippen molar-refractivity contribution in [2.45, 2.75) is 5.66 Å². The van der Waals surface area contributed by atoms with Gasteiger partial charge in [-0.2, -0.15) is 8.78 Å². The number of rotatable bonds is 2. The Bertz CT molecular complexity index is 112. The topological polar surface area (TPSA) is 0 Å². The first-order valence-corrected chi connectivity index (χ1v) is 2.54. The van der Waals surface area contributed by atoms with Gasteiger partial charge in [0.15, 0.2) is 0 Å². The van der Waals surface area contributed by atoms with Crippen LogP contribution in [0.3, 0.4) is 0 Å². The Morgan fingerprint density at radius 1 is 1.62 bits per heavy atom. The van der Waals surface area contributed by atoms with Crippen LogP contribution < -0.4 is 0 Å². The molecule has 8 heavy (non-hydrogen) atoms. The van der Waals surface area contributed by atoms with E-state index in [1.807, 2.05) is 0 Å². The minimum Gasteiger partial charge on any atom is -0.197 e. The van der Waals surface area contributed by atoms with Crippen LogP contribution in [-0.4, -0.2) is 5.66 Å². The van der Waals surface area contributed by atoms with Gasteiger partial charge in [-0.25, -0.2) is 0 Å². The maximum absolute atomic E-state index is 11.9. The number of hydrogen-bond acceptors (Lipinski definition) is 0. The molecule has 0 bridgehead atoms. The summed E-state index contributed by atoms with van der Waals surface area (Å²) in [7, 11) is 1.37. The van der Waals surface area contributed by atoms with E-state index in [0.717, 1.165) is 6.08 Å². The molecule has 1 unspecified atom stereocenters. The average Bonchev–Trinajstić information content (AvgIpc) is 1.62. The summed E-state index contributed by atoms with van der Waals surface area (Å²) in [6.45, 7) is 6.19. The number of allylic oxidation sites excluding steroid dienone is 2. The molecule has 46 valence electrons. The molecule has 0 aliphatic carbocycles. The van der Waals surface area contributed by atoms with Gasteiger partial charge < -0.3 is 0 Å². The number of alkyl halides is 2. The third-order valence-electron chi connectivity index (χ3n) is 0.675. The van der Waals surface area contributed by atoms with Gasteiger partial charge >= 0.3 is 0 Å². The minimum absolute atomic E-state index is 0.275. The van der Waals surface area contributed by atoms with Crippen LogP contribution in [0.2, 0.25) is 0 Å². The zero-order valence-corrected chi connectivity index (χ0v) is 5.48. The standard InChI is InChI=1S/C5H7F2P/c1-3-4(2)5(6,7)8/h3H,1-2,8H2. The van der Waals surface area contributed by atoms with Crippen molar-refractivity contribution in [3.05, 3.63) is 24.8 Å². The second-order valence-electron chi connectivity index (χ2n) is 1.35. The Kier molecular flexibility index (Phi) is 2.29. The Morgan fingerprint density at radius 3 is 2.00 bits per heavy atom. The normalized spacial score (nSPS) is 10.9. The molecule has 1 atom stereocenters. The van der Waals surface area contributed by atoms with Crippen molar-refractivity contribution in [2.75, 3.05) is 0 Å². The highest BCUT2D eigenvalue weighted by Gasteiger charge is 2.22. The SMILES string of the molecule is C=CC(=C)C(F)(F)P. The summed E-state index contributed by atoms with van der Waals surface area (Å²) in [6.07, 6.45) is 1.03. The fraction of sp³-hybridized carbons (Fsp3) is 0.200. The van der Waals surface area contributed by atoms with Crippen molar-refractivity contribution in [3.63, 3.8) is 0 Å². The van der Waals surface area contributed by atoms with Crippen molar-refractivity contribution >= 4 is 9.24 Å². The summed E-state index contributed by atoms with van der Waals surface area (Å²) < 4.78 is 23.8. The monoisotopic (exact) mass is 136 g/mol. The van der Waals surface area contributed by atoms with E-state index in [9.17, 15) is 8.78 Å². The predicted octanol–water partition coefficient (Wildman–Crippen LogP) is 2.20. The van der Waals surface area contributed by atoms with Crippen molar-refractivity contribution in [2.24, 2.45) is 0 Å². The summed E-state index contributed by atoms with van der Waals surface area (Å²) in [5, 5.41) is 0. The second kappa shape index (κ2) is 2.36. The zero-order valence-electron chi connectivity index (χ0n) is 4.32. The maximum atomic E-state index is 11.9. The van der Waals surface area contributed by atoms with Gasteiger partial charge in [0.2, 0.25) is 0 Å². The highest BCUT2D eigenvalue weighted by Crippen LogP contribution is 2.29. The van der Waals surface area contributed by atoms with Crippen LogP contribution >= 0.6 is 9.24 Å². The van der Waals surface area contributed by atoms with Gasteiger partial charge in [0.1, 0.15) is 0 Å². The Hall–Kier alpha value is -0.230. The summed E-state index contributed by atoms with van der Waals surface area (Å²) in [5.74, 6) is 0. The summed E-state index contributed by atoms with van der Waals surface area (Å²) in [5.41, 5.74) is -3.16. The molecule has 0 saturated carbocycles. The molecule has 0 aliphatic rings. The van der Waals surface area contributed by atoms with E-state index in [-0.39, 0.29) is 5.57 Å². The molecule has 0 aromatic rings. The first-order chi connectivity index (χ1) is 3.48. The summed E-state index contributed by atoms with van der Waals surface area (Å²) in [6, 6.07) is 0. The van der Waals surface area contributed by atoms with Crippen LogP contribution in [0, 0.1) is 0 Å². The Labute approximate surface area is 49.5 Å². The molecule has 0 radical (unpaired) electrons. The first-order valence-electron chi connectivity index (χ1n) is 1.97. The molecule has 0 amide bonds.